The molecular weight excluding hydrogens is 286 g/mol. The Kier molecular flexibility index (Phi) is 6.07. The average molecular weight is 312 g/mol. The van der Waals surface area contributed by atoms with Crippen LogP contribution in [0.3, 0.4) is 0 Å². The van der Waals surface area contributed by atoms with Crippen molar-refractivity contribution in [1.29, 1.82) is 0 Å². The summed E-state index contributed by atoms with van der Waals surface area (Å²) in [6.07, 6.45) is 4.05. The summed E-state index contributed by atoms with van der Waals surface area (Å²) in [5.41, 5.74) is 6.05. The van der Waals surface area contributed by atoms with Gasteiger partial charge in [0, 0.05) is 32.7 Å². The van der Waals surface area contributed by atoms with E-state index in [1.165, 1.54) is 4.31 Å². The number of fused-ring (bicyclic) bond motifs is 1. The molecule has 2 N–H and O–H groups in total. The second-order valence-electron chi connectivity index (χ2n) is 5.66. The van der Waals surface area contributed by atoms with Gasteiger partial charge >= 0.3 is 0 Å². The van der Waals surface area contributed by atoms with Gasteiger partial charge in [-0.2, -0.15) is 17.0 Å². The molecule has 1 heterocycles. The molecule has 0 aromatic heterocycles. The second kappa shape index (κ2) is 6.72. The monoisotopic (exact) mass is 311 g/mol. The minimum Gasteiger partial charge on any atom is -0.327 e. The quantitative estimate of drug-likeness (QED) is 0.825. The first-order valence-electron chi connectivity index (χ1n) is 6.93. The normalized spacial score (nSPS) is 31.5. The molecule has 3 unspecified atom stereocenters. The minimum atomic E-state index is -3.27. The molecule has 2 fully saturated rings. The van der Waals surface area contributed by atoms with Crippen molar-refractivity contribution in [3.8, 4) is 0 Å². The number of rotatable bonds is 5. The van der Waals surface area contributed by atoms with E-state index in [-0.39, 0.29) is 18.4 Å². The molecule has 0 aromatic carbocycles. The van der Waals surface area contributed by atoms with E-state index in [9.17, 15) is 8.42 Å². The van der Waals surface area contributed by atoms with Gasteiger partial charge in [-0.25, -0.2) is 0 Å². The standard InChI is InChI=1S/C12H25N3O2S.ClH/c1-3-4-7-14(2)18(16,17)15-8-10-5-6-12(13)11(10)9-15;/h10-12H,3-9,13H2,1-2H3;1H. The van der Waals surface area contributed by atoms with Crippen molar-refractivity contribution < 1.29 is 8.42 Å². The number of nitrogens with two attached hydrogens (primary N) is 1. The van der Waals surface area contributed by atoms with Crippen LogP contribution in [0.25, 0.3) is 0 Å². The summed E-state index contributed by atoms with van der Waals surface area (Å²) in [4.78, 5) is 0. The van der Waals surface area contributed by atoms with Crippen molar-refractivity contribution in [2.24, 2.45) is 17.6 Å². The molecule has 0 aromatic rings. The molecule has 2 aliphatic rings. The SMILES string of the molecule is CCCCN(C)S(=O)(=O)N1CC2CCC(N)C2C1.Cl. The zero-order chi connectivity index (χ0) is 13.3. The van der Waals surface area contributed by atoms with E-state index in [1.54, 1.807) is 11.4 Å². The number of halogens is 1. The van der Waals surface area contributed by atoms with Gasteiger partial charge in [0.2, 0.25) is 0 Å². The largest absolute Gasteiger partial charge is 0.327 e. The zero-order valence-electron chi connectivity index (χ0n) is 11.8. The first kappa shape index (κ1) is 17.2. The summed E-state index contributed by atoms with van der Waals surface area (Å²) >= 11 is 0. The molecule has 0 amide bonds. The highest BCUT2D eigenvalue weighted by atomic mass is 35.5. The van der Waals surface area contributed by atoms with Crippen LogP contribution in [0.15, 0.2) is 0 Å². The van der Waals surface area contributed by atoms with Crippen molar-refractivity contribution in [3.05, 3.63) is 0 Å². The van der Waals surface area contributed by atoms with E-state index in [0.717, 1.165) is 25.7 Å². The summed E-state index contributed by atoms with van der Waals surface area (Å²) in [5, 5.41) is 0. The average Bonchev–Trinajstić information content (AvgIpc) is 2.89. The Balaban J connectivity index is 0.00000180. The Morgan fingerprint density at radius 2 is 2.00 bits per heavy atom. The molecule has 7 heteroatoms. The van der Waals surface area contributed by atoms with Crippen molar-refractivity contribution >= 4 is 22.6 Å². The molecule has 1 saturated heterocycles. The third-order valence-corrected chi connectivity index (χ3v) is 6.35. The van der Waals surface area contributed by atoms with Gasteiger partial charge in [0.05, 0.1) is 0 Å². The zero-order valence-corrected chi connectivity index (χ0v) is 13.4. The van der Waals surface area contributed by atoms with E-state index < -0.39 is 10.2 Å². The van der Waals surface area contributed by atoms with Gasteiger partial charge < -0.3 is 5.73 Å². The van der Waals surface area contributed by atoms with Gasteiger partial charge in [0.1, 0.15) is 0 Å². The van der Waals surface area contributed by atoms with Crippen LogP contribution < -0.4 is 5.73 Å². The van der Waals surface area contributed by atoms with Crippen LogP contribution in [-0.2, 0) is 10.2 Å². The molecular formula is C12H26ClN3O2S. The first-order chi connectivity index (χ1) is 8.46. The van der Waals surface area contributed by atoms with Gasteiger partial charge in [-0.3, -0.25) is 0 Å². The van der Waals surface area contributed by atoms with Gasteiger partial charge in [-0.1, -0.05) is 13.3 Å². The highest BCUT2D eigenvalue weighted by molar-refractivity contribution is 7.86. The van der Waals surface area contributed by atoms with Gasteiger partial charge in [-0.05, 0) is 31.1 Å². The molecule has 1 saturated carbocycles. The second-order valence-corrected chi connectivity index (χ2v) is 7.70. The number of hydrogen-bond donors (Lipinski definition) is 1. The lowest BCUT2D eigenvalue weighted by atomic mass is 9.98. The van der Waals surface area contributed by atoms with E-state index in [2.05, 4.69) is 6.92 Å². The van der Waals surface area contributed by atoms with Crippen molar-refractivity contribution in [2.45, 2.75) is 38.6 Å². The van der Waals surface area contributed by atoms with Crippen LogP contribution in [0.4, 0.5) is 0 Å². The van der Waals surface area contributed by atoms with Gasteiger partial charge in [-0.15, -0.1) is 12.4 Å². The van der Waals surface area contributed by atoms with E-state index in [4.69, 9.17) is 5.73 Å². The summed E-state index contributed by atoms with van der Waals surface area (Å²) in [7, 11) is -1.59. The predicted octanol–water partition coefficient (Wildman–Crippen LogP) is 1.05. The molecule has 3 atom stereocenters. The third-order valence-electron chi connectivity index (χ3n) is 4.43. The molecule has 0 bridgehead atoms. The third kappa shape index (κ3) is 3.42. The molecule has 0 spiro atoms. The van der Waals surface area contributed by atoms with Crippen LogP contribution >= 0.6 is 12.4 Å². The fourth-order valence-electron chi connectivity index (χ4n) is 3.15. The van der Waals surface area contributed by atoms with Crippen LogP contribution in [0.5, 0.6) is 0 Å². The lowest BCUT2D eigenvalue weighted by Crippen LogP contribution is -2.42. The van der Waals surface area contributed by atoms with Crippen LogP contribution in [0, 0.1) is 11.8 Å². The van der Waals surface area contributed by atoms with Crippen LogP contribution in [-0.4, -0.2) is 49.8 Å². The maximum absolute atomic E-state index is 12.4. The number of unbranched alkanes of at least 4 members (excludes halogenated alkanes) is 1. The van der Waals surface area contributed by atoms with Gasteiger partial charge in [0.15, 0.2) is 0 Å². The number of hydrogen-bond acceptors (Lipinski definition) is 3. The molecule has 1 aliphatic heterocycles. The van der Waals surface area contributed by atoms with Crippen LogP contribution in [0.2, 0.25) is 0 Å². The van der Waals surface area contributed by atoms with E-state index >= 15 is 0 Å². The fourth-order valence-corrected chi connectivity index (χ4v) is 4.64. The lowest BCUT2D eigenvalue weighted by molar-refractivity contribution is 0.372. The Morgan fingerprint density at radius 1 is 1.32 bits per heavy atom. The predicted molar refractivity (Wildman–Crippen MR) is 79.5 cm³/mol. The summed E-state index contributed by atoms with van der Waals surface area (Å²) in [6.45, 7) is 3.96. The summed E-state index contributed by atoms with van der Waals surface area (Å²) in [6, 6.07) is 0.191. The fraction of sp³-hybridized carbons (Fsp3) is 1.00. The molecule has 114 valence electrons. The van der Waals surface area contributed by atoms with Crippen molar-refractivity contribution in [2.75, 3.05) is 26.7 Å². The van der Waals surface area contributed by atoms with Crippen molar-refractivity contribution in [3.63, 3.8) is 0 Å². The molecule has 19 heavy (non-hydrogen) atoms. The molecule has 5 nitrogen and oxygen atoms in total. The Bertz CT molecular complexity index is 390. The smallest absolute Gasteiger partial charge is 0.281 e. The maximum Gasteiger partial charge on any atom is 0.281 e. The van der Waals surface area contributed by atoms with Crippen molar-refractivity contribution in [1.82, 2.24) is 8.61 Å². The molecule has 1 aliphatic carbocycles. The highest BCUT2D eigenvalue weighted by Gasteiger charge is 2.45. The topological polar surface area (TPSA) is 66.6 Å². The lowest BCUT2D eigenvalue weighted by Gasteiger charge is -2.25. The van der Waals surface area contributed by atoms with Crippen LogP contribution in [0.1, 0.15) is 32.6 Å². The minimum absolute atomic E-state index is 0. The number of nitrogens with zero attached hydrogens (tertiary/aromatic N) is 2. The maximum atomic E-state index is 12.4. The Morgan fingerprint density at radius 3 is 2.58 bits per heavy atom. The first-order valence-corrected chi connectivity index (χ1v) is 8.33. The highest BCUT2D eigenvalue weighted by Crippen LogP contribution is 2.38. The molecule has 2 rings (SSSR count). The molecule has 0 radical (unpaired) electrons. The van der Waals surface area contributed by atoms with E-state index in [0.29, 0.717) is 31.5 Å². The van der Waals surface area contributed by atoms with Gasteiger partial charge in [0.25, 0.3) is 10.2 Å². The van der Waals surface area contributed by atoms with E-state index in [1.807, 2.05) is 0 Å². The Hall–Kier alpha value is 0.120. The summed E-state index contributed by atoms with van der Waals surface area (Å²) in [5.74, 6) is 0.855. The Labute approximate surface area is 123 Å². The summed E-state index contributed by atoms with van der Waals surface area (Å²) < 4.78 is 27.9.